The van der Waals surface area contributed by atoms with Crippen molar-refractivity contribution in [3.63, 3.8) is 0 Å². The van der Waals surface area contributed by atoms with Crippen LogP contribution in [0.25, 0.3) is 0 Å². The molecule has 0 aliphatic carbocycles. The van der Waals surface area contributed by atoms with Crippen LogP contribution in [-0.2, 0) is 23.5 Å². The maximum Gasteiger partial charge on any atom is 0.281 e. The van der Waals surface area contributed by atoms with Gasteiger partial charge >= 0.3 is 0 Å². The van der Waals surface area contributed by atoms with Crippen LogP contribution in [0.1, 0.15) is 5.56 Å². The molecule has 21 heavy (non-hydrogen) atoms. The Morgan fingerprint density at radius 3 is 2.52 bits per heavy atom. The van der Waals surface area contributed by atoms with Crippen LogP contribution in [0.3, 0.4) is 0 Å². The molecule has 10 heteroatoms. The van der Waals surface area contributed by atoms with Crippen LogP contribution in [-0.4, -0.2) is 28.4 Å². The molecule has 1 aromatic heterocycles. The lowest BCUT2D eigenvalue weighted by Crippen LogP contribution is -2.17. The minimum absolute atomic E-state index is 0.0466. The zero-order valence-electron chi connectivity index (χ0n) is 10.9. The van der Waals surface area contributed by atoms with Crippen molar-refractivity contribution in [1.29, 1.82) is 0 Å². The Hall–Kier alpha value is -1.52. The summed E-state index contributed by atoms with van der Waals surface area (Å²) in [5, 5.41) is 7.25. The fourth-order valence-corrected chi connectivity index (χ4v) is 4.03. The first-order valence-corrected chi connectivity index (χ1v) is 8.43. The van der Waals surface area contributed by atoms with Crippen molar-refractivity contribution in [2.24, 2.45) is 12.8 Å². The van der Waals surface area contributed by atoms with Crippen LogP contribution in [0.4, 0.5) is 5.69 Å². The molecule has 0 amide bonds. The van der Waals surface area contributed by atoms with Gasteiger partial charge in [-0.1, -0.05) is 29.6 Å². The Bertz CT molecular complexity index is 751. The van der Waals surface area contributed by atoms with E-state index >= 15 is 0 Å². The Labute approximate surface area is 135 Å². The lowest BCUT2D eigenvalue weighted by atomic mass is 10.1. The number of nitrogens with one attached hydrogen (secondary N) is 1. The molecule has 0 aliphatic heterocycles. The second-order valence-corrected chi connectivity index (χ2v) is 7.13. The predicted octanol–water partition coefficient (Wildman–Crippen LogP) is 1.21. The zero-order chi connectivity index (χ0) is 15.6. The molecule has 0 unspecified atom stereocenters. The van der Waals surface area contributed by atoms with Crippen molar-refractivity contribution in [3.8, 4) is 0 Å². The molecule has 0 bridgehead atoms. The molecule has 1 aromatic carbocycles. The smallest absolute Gasteiger partial charge is 0.281 e. The van der Waals surface area contributed by atoms with Gasteiger partial charge in [0.1, 0.15) is 0 Å². The van der Waals surface area contributed by atoms with E-state index in [2.05, 4.69) is 31.0 Å². The summed E-state index contributed by atoms with van der Waals surface area (Å²) in [4.78, 5) is 0.383. The van der Waals surface area contributed by atoms with E-state index in [1.807, 2.05) is 0 Å². The summed E-state index contributed by atoms with van der Waals surface area (Å²) in [6.45, 7) is 0. The summed E-state index contributed by atoms with van der Waals surface area (Å²) in [6.07, 6.45) is 0.472. The number of anilines is 1. The van der Waals surface area contributed by atoms with Gasteiger partial charge in [-0.15, -0.1) is 5.10 Å². The maximum atomic E-state index is 12.3. The average molecular weight is 390 g/mol. The van der Waals surface area contributed by atoms with Gasteiger partial charge in [0.25, 0.3) is 10.0 Å². The van der Waals surface area contributed by atoms with E-state index in [1.54, 1.807) is 24.3 Å². The van der Waals surface area contributed by atoms with Crippen LogP contribution in [0.2, 0.25) is 0 Å². The highest BCUT2D eigenvalue weighted by Gasteiger charge is 2.23. The molecule has 112 valence electrons. The summed E-state index contributed by atoms with van der Waals surface area (Å²) < 4.78 is 28.4. The van der Waals surface area contributed by atoms with Gasteiger partial charge in [-0.25, -0.2) is 4.68 Å². The Balaban J connectivity index is 2.23. The molecule has 3 N–H and O–H groups in total. The standard InChI is InChI=1S/C11H12BrN5O2S2/c1-17-11(10(12)14-16-17)21(18,19)15-8-4-2-7(3-5-8)6-9(13)20/h2-5,15H,6H2,1H3,(H2,13,20). The number of sulfonamides is 1. The fourth-order valence-electron chi connectivity index (χ4n) is 1.70. The Morgan fingerprint density at radius 2 is 2.05 bits per heavy atom. The van der Waals surface area contributed by atoms with Crippen molar-refractivity contribution < 1.29 is 8.42 Å². The average Bonchev–Trinajstić information content (AvgIpc) is 2.71. The third kappa shape index (κ3) is 3.77. The second kappa shape index (κ2) is 6.08. The summed E-state index contributed by atoms with van der Waals surface area (Å²) in [7, 11) is -2.28. The van der Waals surface area contributed by atoms with E-state index in [4.69, 9.17) is 18.0 Å². The number of halogens is 1. The third-order valence-electron chi connectivity index (χ3n) is 2.58. The van der Waals surface area contributed by atoms with Crippen molar-refractivity contribution in [2.45, 2.75) is 11.4 Å². The number of hydrogen-bond donors (Lipinski definition) is 2. The van der Waals surface area contributed by atoms with Gasteiger partial charge in [-0.3, -0.25) is 4.72 Å². The highest BCUT2D eigenvalue weighted by molar-refractivity contribution is 9.10. The summed E-state index contributed by atoms with van der Waals surface area (Å²) in [5.74, 6) is 0. The number of hydrogen-bond acceptors (Lipinski definition) is 5. The molecule has 0 aliphatic rings. The van der Waals surface area contributed by atoms with Gasteiger partial charge in [-0.05, 0) is 33.6 Å². The molecular formula is C11H12BrN5O2S2. The van der Waals surface area contributed by atoms with E-state index in [9.17, 15) is 8.42 Å². The van der Waals surface area contributed by atoms with Gasteiger partial charge < -0.3 is 5.73 Å². The minimum atomic E-state index is -3.78. The largest absolute Gasteiger partial charge is 0.393 e. The molecule has 2 aromatic rings. The lowest BCUT2D eigenvalue weighted by Gasteiger charge is -2.08. The summed E-state index contributed by atoms with van der Waals surface area (Å²) in [5.41, 5.74) is 6.80. The second-order valence-electron chi connectivity index (χ2n) is 4.25. The maximum absolute atomic E-state index is 12.3. The van der Waals surface area contributed by atoms with E-state index in [0.29, 0.717) is 17.1 Å². The van der Waals surface area contributed by atoms with E-state index in [-0.39, 0.29) is 9.63 Å². The van der Waals surface area contributed by atoms with Gasteiger partial charge in [0, 0.05) is 19.2 Å². The number of benzene rings is 1. The monoisotopic (exact) mass is 389 g/mol. The number of rotatable bonds is 5. The number of nitrogens with two attached hydrogens (primary N) is 1. The highest BCUT2D eigenvalue weighted by atomic mass is 79.9. The first-order valence-electron chi connectivity index (χ1n) is 5.75. The van der Waals surface area contributed by atoms with Crippen molar-refractivity contribution in [3.05, 3.63) is 34.4 Å². The lowest BCUT2D eigenvalue weighted by molar-refractivity contribution is 0.578. The molecule has 7 nitrogen and oxygen atoms in total. The normalized spacial score (nSPS) is 11.3. The molecule has 0 atom stereocenters. The summed E-state index contributed by atoms with van der Waals surface area (Å²) >= 11 is 7.89. The molecule has 0 radical (unpaired) electrons. The summed E-state index contributed by atoms with van der Waals surface area (Å²) in [6, 6.07) is 6.80. The number of aryl methyl sites for hydroxylation is 1. The molecule has 0 spiro atoms. The zero-order valence-corrected chi connectivity index (χ0v) is 14.2. The van der Waals surface area contributed by atoms with Gasteiger partial charge in [0.05, 0.1) is 4.99 Å². The van der Waals surface area contributed by atoms with Crippen LogP contribution >= 0.6 is 28.1 Å². The van der Waals surface area contributed by atoms with Crippen LogP contribution in [0.15, 0.2) is 33.9 Å². The molecule has 2 rings (SSSR count). The van der Waals surface area contributed by atoms with Crippen LogP contribution in [0, 0.1) is 0 Å². The predicted molar refractivity (Wildman–Crippen MR) is 86.4 cm³/mol. The molecule has 0 fully saturated rings. The van der Waals surface area contributed by atoms with Crippen molar-refractivity contribution >= 4 is 48.8 Å². The van der Waals surface area contributed by atoms with Gasteiger partial charge in [-0.2, -0.15) is 8.42 Å². The first-order chi connectivity index (χ1) is 9.79. The van der Waals surface area contributed by atoms with Crippen LogP contribution < -0.4 is 10.5 Å². The van der Waals surface area contributed by atoms with Crippen LogP contribution in [0.5, 0.6) is 0 Å². The van der Waals surface area contributed by atoms with E-state index in [0.717, 1.165) is 5.56 Å². The SMILES string of the molecule is Cn1nnc(Br)c1S(=O)(=O)Nc1ccc(CC(N)=S)cc1. The fraction of sp³-hybridized carbons (Fsp3) is 0.182. The number of nitrogens with zero attached hydrogens (tertiary/aromatic N) is 3. The Morgan fingerprint density at radius 1 is 1.43 bits per heavy atom. The highest BCUT2D eigenvalue weighted by Crippen LogP contribution is 2.21. The first kappa shape index (κ1) is 15.9. The number of aromatic nitrogens is 3. The van der Waals surface area contributed by atoms with Gasteiger partial charge in [0.15, 0.2) is 4.60 Å². The molecule has 0 saturated heterocycles. The third-order valence-corrected chi connectivity index (χ3v) is 4.99. The quantitative estimate of drug-likeness (QED) is 0.744. The topological polar surface area (TPSA) is 103 Å². The molecule has 0 saturated carbocycles. The minimum Gasteiger partial charge on any atom is -0.393 e. The molecule has 1 heterocycles. The number of thiocarbonyl (C=S) groups is 1. The Kier molecular flexibility index (Phi) is 4.59. The van der Waals surface area contributed by atoms with Crippen molar-refractivity contribution in [1.82, 2.24) is 15.0 Å². The van der Waals surface area contributed by atoms with E-state index < -0.39 is 10.0 Å². The molecular weight excluding hydrogens is 378 g/mol. The van der Waals surface area contributed by atoms with E-state index in [1.165, 1.54) is 11.7 Å². The van der Waals surface area contributed by atoms with Gasteiger partial charge in [0.2, 0.25) is 5.03 Å². The van der Waals surface area contributed by atoms with Crippen molar-refractivity contribution in [2.75, 3.05) is 4.72 Å².